The molecule has 0 spiro atoms. The Morgan fingerprint density at radius 3 is 2.33 bits per heavy atom. The highest BCUT2D eigenvalue weighted by Crippen LogP contribution is 2.38. The zero-order valence-electron chi connectivity index (χ0n) is 25.7. The molecule has 0 saturated carbocycles. The number of rotatable bonds is 14. The molecule has 2 atom stereocenters. The first kappa shape index (κ1) is 33.9. The van der Waals surface area contributed by atoms with Gasteiger partial charge in [0.25, 0.3) is 0 Å². The van der Waals surface area contributed by atoms with Crippen molar-refractivity contribution < 1.29 is 37.3 Å². The molecule has 1 aliphatic rings. The van der Waals surface area contributed by atoms with Crippen molar-refractivity contribution in [3.63, 3.8) is 0 Å². The smallest absolute Gasteiger partial charge is 0.404 e. The number of benzene rings is 2. The van der Waals surface area contributed by atoms with Gasteiger partial charge in [0.15, 0.2) is 19.8 Å². The fourth-order valence-corrected chi connectivity index (χ4v) is 7.14. The molecular formula is C30H46N2O8SSi. The van der Waals surface area contributed by atoms with Crippen LogP contribution in [0.3, 0.4) is 0 Å². The van der Waals surface area contributed by atoms with Gasteiger partial charge in [-0.2, -0.15) is 4.31 Å². The quantitative estimate of drug-likeness (QED) is 0.248. The van der Waals surface area contributed by atoms with E-state index in [9.17, 15) is 23.4 Å². The monoisotopic (exact) mass is 622 g/mol. The second-order valence-electron chi connectivity index (χ2n) is 13.1. The molecule has 12 heteroatoms. The number of carboxylic acid groups (broad SMARTS) is 1. The standard InChI is InChI=1S/C30H46N2O8SSi/c1-29(2,3)42(6,7)40-16-15-30(4,5)20-32(41(36,37)23-13-14-26-27(18-23)39-21-38-26)19-25(33)24(31-28(34)35)17-22-11-9-8-10-12-22/h8-14,18,24-25,31,33H,15-17,19-21H2,1-7H3,(H,34,35)/t24-,25+/m0/s1. The highest BCUT2D eigenvalue weighted by Gasteiger charge is 2.39. The maximum Gasteiger partial charge on any atom is 0.404 e. The molecule has 1 amide bonds. The molecule has 2 aromatic carbocycles. The SMILES string of the molecule is CC(C)(CCO[Si](C)(C)C(C)(C)C)CN(C[C@@H](O)[C@H](Cc1ccccc1)NC(=O)O)S(=O)(=O)c1ccc2c(c1)OCO2. The number of aliphatic hydroxyl groups is 1. The van der Waals surface area contributed by atoms with Crippen LogP contribution in [0.15, 0.2) is 53.4 Å². The second-order valence-corrected chi connectivity index (χ2v) is 19.9. The van der Waals surface area contributed by atoms with E-state index in [1.54, 1.807) is 6.07 Å². The van der Waals surface area contributed by atoms with Gasteiger partial charge < -0.3 is 29.4 Å². The van der Waals surface area contributed by atoms with Gasteiger partial charge in [-0.25, -0.2) is 13.2 Å². The summed E-state index contributed by atoms with van der Waals surface area (Å²) in [7, 11) is -6.13. The molecule has 1 aliphatic heterocycles. The van der Waals surface area contributed by atoms with E-state index in [2.05, 4.69) is 39.2 Å². The molecule has 0 bridgehead atoms. The van der Waals surface area contributed by atoms with Crippen molar-refractivity contribution in [2.45, 2.75) is 82.6 Å². The Kier molecular flexibility index (Phi) is 10.7. The predicted octanol–water partition coefficient (Wildman–Crippen LogP) is 5.08. The Labute approximate surface area is 251 Å². The molecule has 0 radical (unpaired) electrons. The first-order chi connectivity index (χ1) is 19.4. The molecule has 0 aromatic heterocycles. The van der Waals surface area contributed by atoms with Crippen LogP contribution in [-0.2, 0) is 20.9 Å². The second kappa shape index (κ2) is 13.3. The zero-order valence-corrected chi connectivity index (χ0v) is 27.5. The van der Waals surface area contributed by atoms with Crippen molar-refractivity contribution in [2.24, 2.45) is 5.41 Å². The van der Waals surface area contributed by atoms with Gasteiger partial charge in [0.2, 0.25) is 16.8 Å². The van der Waals surface area contributed by atoms with Crippen molar-refractivity contribution in [3.05, 3.63) is 54.1 Å². The largest absolute Gasteiger partial charge is 0.465 e. The number of hydrogen-bond acceptors (Lipinski definition) is 7. The summed E-state index contributed by atoms with van der Waals surface area (Å²) in [6, 6.07) is 12.6. The average Bonchev–Trinajstić information content (AvgIpc) is 3.35. The lowest BCUT2D eigenvalue weighted by Crippen LogP contribution is -2.51. The molecule has 0 saturated heterocycles. The summed E-state index contributed by atoms with van der Waals surface area (Å²) in [5.41, 5.74) is 0.282. The summed E-state index contributed by atoms with van der Waals surface area (Å²) in [6.07, 6.45) is -1.85. The van der Waals surface area contributed by atoms with E-state index < -0.39 is 42.0 Å². The molecule has 3 N–H and O–H groups in total. The summed E-state index contributed by atoms with van der Waals surface area (Å²) in [5, 5.41) is 23.2. The Morgan fingerprint density at radius 1 is 1.07 bits per heavy atom. The van der Waals surface area contributed by atoms with Crippen LogP contribution >= 0.6 is 0 Å². The molecule has 2 aromatic rings. The lowest BCUT2D eigenvalue weighted by molar-refractivity contribution is 0.0880. The summed E-state index contributed by atoms with van der Waals surface area (Å²) in [6.45, 7) is 15.0. The lowest BCUT2D eigenvalue weighted by atomic mass is 9.89. The van der Waals surface area contributed by atoms with Gasteiger partial charge >= 0.3 is 6.09 Å². The van der Waals surface area contributed by atoms with Crippen LogP contribution in [0.2, 0.25) is 18.1 Å². The molecule has 42 heavy (non-hydrogen) atoms. The van der Waals surface area contributed by atoms with Crippen molar-refractivity contribution in [3.8, 4) is 11.5 Å². The number of amides is 1. The number of carbonyl (C=O) groups is 1. The van der Waals surface area contributed by atoms with Crippen molar-refractivity contribution in [2.75, 3.05) is 26.5 Å². The van der Waals surface area contributed by atoms with Gasteiger partial charge in [-0.05, 0) is 54.1 Å². The Balaban J connectivity index is 1.88. The Morgan fingerprint density at radius 2 is 1.71 bits per heavy atom. The number of fused-ring (bicyclic) bond motifs is 1. The van der Waals surface area contributed by atoms with Crippen LogP contribution in [0.1, 0.15) is 46.6 Å². The van der Waals surface area contributed by atoms with Gasteiger partial charge in [0, 0.05) is 25.8 Å². The van der Waals surface area contributed by atoms with Crippen molar-refractivity contribution in [1.29, 1.82) is 0 Å². The third kappa shape index (κ3) is 8.93. The van der Waals surface area contributed by atoms with Gasteiger partial charge in [0.1, 0.15) is 0 Å². The van der Waals surface area contributed by atoms with E-state index in [4.69, 9.17) is 13.9 Å². The molecule has 0 aliphatic carbocycles. The van der Waals surface area contributed by atoms with E-state index in [0.717, 1.165) is 5.56 Å². The van der Waals surface area contributed by atoms with Gasteiger partial charge in [-0.1, -0.05) is 65.0 Å². The predicted molar refractivity (Wildman–Crippen MR) is 164 cm³/mol. The van der Waals surface area contributed by atoms with E-state index in [0.29, 0.717) is 24.5 Å². The highest BCUT2D eigenvalue weighted by molar-refractivity contribution is 7.89. The maximum absolute atomic E-state index is 14.1. The van der Waals surface area contributed by atoms with Crippen LogP contribution in [0.25, 0.3) is 0 Å². The minimum atomic E-state index is -4.13. The molecule has 10 nitrogen and oxygen atoms in total. The summed E-state index contributed by atoms with van der Waals surface area (Å²) < 4.78 is 46.5. The van der Waals surface area contributed by atoms with Crippen LogP contribution in [0.4, 0.5) is 4.79 Å². The van der Waals surface area contributed by atoms with Crippen LogP contribution in [-0.4, -0.2) is 76.0 Å². The molecule has 3 rings (SSSR count). The number of nitrogens with one attached hydrogen (secondary N) is 1. The van der Waals surface area contributed by atoms with Crippen LogP contribution in [0.5, 0.6) is 11.5 Å². The van der Waals surface area contributed by atoms with Crippen molar-refractivity contribution in [1.82, 2.24) is 9.62 Å². The topological polar surface area (TPSA) is 135 Å². The van der Waals surface area contributed by atoms with Gasteiger partial charge in [0.05, 0.1) is 17.0 Å². The Hall–Kier alpha value is -2.64. The number of sulfonamides is 1. The van der Waals surface area contributed by atoms with Crippen LogP contribution in [0, 0.1) is 5.41 Å². The number of hydrogen-bond donors (Lipinski definition) is 3. The zero-order chi connectivity index (χ0) is 31.3. The third-order valence-corrected chi connectivity index (χ3v) is 14.4. The third-order valence-electron chi connectivity index (χ3n) is 8.10. The summed E-state index contributed by atoms with van der Waals surface area (Å²) >= 11 is 0. The van der Waals surface area contributed by atoms with Gasteiger partial charge in [-0.3, -0.25) is 0 Å². The first-order valence-electron chi connectivity index (χ1n) is 14.2. The fourth-order valence-electron chi connectivity index (χ4n) is 4.44. The number of aliphatic hydroxyl groups excluding tert-OH is 1. The number of nitrogens with zero attached hydrogens (tertiary/aromatic N) is 1. The molecule has 1 heterocycles. The number of ether oxygens (including phenoxy) is 2. The van der Waals surface area contributed by atoms with E-state index in [1.165, 1.54) is 16.4 Å². The lowest BCUT2D eigenvalue weighted by Gasteiger charge is -2.38. The highest BCUT2D eigenvalue weighted by atomic mass is 32.2. The fraction of sp³-hybridized carbons (Fsp3) is 0.567. The van der Waals surface area contributed by atoms with E-state index in [-0.39, 0.29) is 36.2 Å². The van der Waals surface area contributed by atoms with Crippen LogP contribution < -0.4 is 14.8 Å². The molecule has 234 valence electrons. The molecular weight excluding hydrogens is 576 g/mol. The van der Waals surface area contributed by atoms with Crippen molar-refractivity contribution >= 4 is 24.4 Å². The molecule has 0 fully saturated rings. The average molecular weight is 623 g/mol. The minimum Gasteiger partial charge on any atom is -0.465 e. The summed E-state index contributed by atoms with van der Waals surface area (Å²) in [5.74, 6) is 0.783. The van der Waals surface area contributed by atoms with Gasteiger partial charge in [-0.15, -0.1) is 0 Å². The molecule has 0 unspecified atom stereocenters. The normalized spacial score (nSPS) is 15.5. The Bertz CT molecular complexity index is 1310. The van der Waals surface area contributed by atoms with E-state index in [1.807, 2.05) is 44.2 Å². The first-order valence-corrected chi connectivity index (χ1v) is 18.5. The maximum atomic E-state index is 14.1. The minimum absolute atomic E-state index is 0.00178. The van der Waals surface area contributed by atoms with E-state index >= 15 is 0 Å². The summed E-state index contributed by atoms with van der Waals surface area (Å²) in [4.78, 5) is 11.6.